The first-order valence-corrected chi connectivity index (χ1v) is 10.1. The van der Waals surface area contributed by atoms with Gasteiger partial charge in [-0.25, -0.2) is 0 Å². The number of anilines is 2. The summed E-state index contributed by atoms with van der Waals surface area (Å²) in [6.07, 6.45) is 1.66. The van der Waals surface area contributed by atoms with Crippen LogP contribution in [0.2, 0.25) is 0 Å². The number of hydrogen-bond acceptors (Lipinski definition) is 4. The highest BCUT2D eigenvalue weighted by molar-refractivity contribution is 9.10. The first-order chi connectivity index (χ1) is 13.5. The van der Waals surface area contributed by atoms with E-state index in [-0.39, 0.29) is 25.0 Å². The Morgan fingerprint density at radius 2 is 1.79 bits per heavy atom. The van der Waals surface area contributed by atoms with Crippen LogP contribution < -0.4 is 10.6 Å². The van der Waals surface area contributed by atoms with Gasteiger partial charge in [0, 0.05) is 41.1 Å². The number of benzene rings is 2. The molecule has 2 aromatic rings. The summed E-state index contributed by atoms with van der Waals surface area (Å²) < 4.78 is 0.950. The summed E-state index contributed by atoms with van der Waals surface area (Å²) in [6, 6.07) is 14.6. The van der Waals surface area contributed by atoms with Crippen LogP contribution in [0.1, 0.15) is 23.2 Å². The van der Waals surface area contributed by atoms with Crippen molar-refractivity contribution in [3.05, 3.63) is 58.6 Å². The molecule has 1 saturated heterocycles. The molecule has 1 heterocycles. The van der Waals surface area contributed by atoms with Crippen LogP contribution in [0, 0.1) is 5.92 Å². The number of nitrogens with one attached hydrogen (secondary N) is 2. The molecule has 0 spiro atoms. The van der Waals surface area contributed by atoms with E-state index in [1.54, 1.807) is 12.1 Å². The van der Waals surface area contributed by atoms with Gasteiger partial charge in [-0.1, -0.05) is 22.0 Å². The smallest absolute Gasteiger partial charge is 0.253 e. The average molecular weight is 446 g/mol. The molecule has 1 fully saturated rings. The maximum atomic E-state index is 12.7. The summed E-state index contributed by atoms with van der Waals surface area (Å²) in [7, 11) is 0. The van der Waals surface area contributed by atoms with Crippen molar-refractivity contribution in [2.75, 3.05) is 36.9 Å². The standard InChI is InChI=1S/C21H24BrN3O3/c22-17-4-6-18(7-5-17)24-20(27)13-23-19-3-1-2-16(12-19)21(28)25-10-8-15(14-26)9-11-25/h1-7,12,15,23,26H,8-11,13-14H2,(H,24,27). The molecule has 0 bridgehead atoms. The van der Waals surface area contributed by atoms with Crippen LogP contribution in [0.3, 0.4) is 0 Å². The van der Waals surface area contributed by atoms with Gasteiger partial charge in [0.05, 0.1) is 6.54 Å². The van der Waals surface area contributed by atoms with Gasteiger partial charge in [-0.2, -0.15) is 0 Å². The van der Waals surface area contributed by atoms with Crippen LogP contribution in [0.4, 0.5) is 11.4 Å². The molecule has 7 heteroatoms. The minimum Gasteiger partial charge on any atom is -0.396 e. The van der Waals surface area contributed by atoms with Gasteiger partial charge in [-0.05, 0) is 61.2 Å². The van der Waals surface area contributed by atoms with Crippen LogP contribution in [-0.4, -0.2) is 48.1 Å². The Balaban J connectivity index is 1.53. The largest absolute Gasteiger partial charge is 0.396 e. The molecule has 1 aliphatic heterocycles. The Labute approximate surface area is 173 Å². The van der Waals surface area contributed by atoms with Gasteiger partial charge >= 0.3 is 0 Å². The lowest BCUT2D eigenvalue weighted by atomic mass is 9.97. The molecular weight excluding hydrogens is 422 g/mol. The quantitative estimate of drug-likeness (QED) is 0.636. The van der Waals surface area contributed by atoms with Gasteiger partial charge in [0.15, 0.2) is 0 Å². The van der Waals surface area contributed by atoms with E-state index in [0.717, 1.165) is 28.7 Å². The monoisotopic (exact) mass is 445 g/mol. The van der Waals surface area contributed by atoms with E-state index in [1.807, 2.05) is 41.3 Å². The maximum absolute atomic E-state index is 12.7. The third-order valence-electron chi connectivity index (χ3n) is 4.85. The molecule has 28 heavy (non-hydrogen) atoms. The van der Waals surface area contributed by atoms with Gasteiger partial charge in [0.2, 0.25) is 5.91 Å². The van der Waals surface area contributed by atoms with Crippen molar-refractivity contribution in [1.82, 2.24) is 4.90 Å². The number of aliphatic hydroxyl groups is 1. The van der Waals surface area contributed by atoms with E-state index in [9.17, 15) is 14.7 Å². The van der Waals surface area contributed by atoms with Crippen LogP contribution >= 0.6 is 15.9 Å². The van der Waals surface area contributed by atoms with E-state index < -0.39 is 0 Å². The lowest BCUT2D eigenvalue weighted by molar-refractivity contribution is -0.114. The first kappa shape index (κ1) is 20.4. The third-order valence-corrected chi connectivity index (χ3v) is 5.38. The van der Waals surface area contributed by atoms with Gasteiger partial charge in [-0.3, -0.25) is 9.59 Å². The fourth-order valence-corrected chi connectivity index (χ4v) is 3.45. The van der Waals surface area contributed by atoms with Crippen LogP contribution in [0.15, 0.2) is 53.0 Å². The molecule has 1 aliphatic rings. The average Bonchev–Trinajstić information content (AvgIpc) is 2.74. The lowest BCUT2D eigenvalue weighted by Gasteiger charge is -2.31. The summed E-state index contributed by atoms with van der Waals surface area (Å²) in [5, 5.41) is 15.1. The van der Waals surface area contributed by atoms with Crippen molar-refractivity contribution in [2.24, 2.45) is 5.92 Å². The van der Waals surface area contributed by atoms with Crippen molar-refractivity contribution in [2.45, 2.75) is 12.8 Å². The zero-order valence-corrected chi connectivity index (χ0v) is 17.1. The maximum Gasteiger partial charge on any atom is 0.253 e. The van der Waals surface area contributed by atoms with Crippen LogP contribution in [0.25, 0.3) is 0 Å². The normalized spacial score (nSPS) is 14.6. The van der Waals surface area contributed by atoms with E-state index in [4.69, 9.17) is 0 Å². The first-order valence-electron chi connectivity index (χ1n) is 9.34. The minimum atomic E-state index is -0.162. The number of carbonyl (C=O) groups excluding carboxylic acids is 2. The van der Waals surface area contributed by atoms with Crippen molar-refractivity contribution < 1.29 is 14.7 Å². The summed E-state index contributed by atoms with van der Waals surface area (Å²) in [5.74, 6) is 0.116. The SMILES string of the molecule is O=C(CNc1cccc(C(=O)N2CCC(CO)CC2)c1)Nc1ccc(Br)cc1. The number of rotatable bonds is 6. The molecule has 3 N–H and O–H groups in total. The predicted molar refractivity (Wildman–Crippen MR) is 113 cm³/mol. The molecule has 0 atom stereocenters. The highest BCUT2D eigenvalue weighted by Gasteiger charge is 2.23. The molecule has 0 aromatic heterocycles. The molecule has 0 unspecified atom stereocenters. The fraction of sp³-hybridized carbons (Fsp3) is 0.333. The summed E-state index contributed by atoms with van der Waals surface area (Å²) in [5.41, 5.74) is 2.05. The lowest BCUT2D eigenvalue weighted by Crippen LogP contribution is -2.39. The molecule has 3 rings (SSSR count). The van der Waals surface area contributed by atoms with Crippen LogP contribution in [-0.2, 0) is 4.79 Å². The molecule has 6 nitrogen and oxygen atoms in total. The number of hydrogen-bond donors (Lipinski definition) is 3. The number of carbonyl (C=O) groups is 2. The Morgan fingerprint density at radius 3 is 2.46 bits per heavy atom. The van der Waals surface area contributed by atoms with Crippen molar-refractivity contribution in [3.8, 4) is 0 Å². The zero-order valence-electron chi connectivity index (χ0n) is 15.5. The van der Waals surface area contributed by atoms with E-state index in [2.05, 4.69) is 26.6 Å². The van der Waals surface area contributed by atoms with Gasteiger partial charge in [-0.15, -0.1) is 0 Å². The Hall–Kier alpha value is -2.38. The van der Waals surface area contributed by atoms with Crippen LogP contribution in [0.5, 0.6) is 0 Å². The second kappa shape index (κ2) is 9.71. The molecular formula is C21H24BrN3O3. The number of halogens is 1. The predicted octanol–water partition coefficient (Wildman–Crippen LogP) is 3.34. The molecule has 0 radical (unpaired) electrons. The van der Waals surface area contributed by atoms with Gasteiger partial charge < -0.3 is 20.6 Å². The minimum absolute atomic E-state index is 0.0145. The highest BCUT2D eigenvalue weighted by Crippen LogP contribution is 2.20. The number of aliphatic hydroxyl groups excluding tert-OH is 1. The molecule has 148 valence electrons. The highest BCUT2D eigenvalue weighted by atomic mass is 79.9. The summed E-state index contributed by atoms with van der Waals surface area (Å²) in [6.45, 7) is 1.62. The zero-order chi connectivity index (χ0) is 19.9. The summed E-state index contributed by atoms with van der Waals surface area (Å²) >= 11 is 3.36. The molecule has 2 amide bonds. The summed E-state index contributed by atoms with van der Waals surface area (Å²) in [4.78, 5) is 26.6. The molecule has 2 aromatic carbocycles. The fourth-order valence-electron chi connectivity index (χ4n) is 3.18. The second-order valence-corrected chi connectivity index (χ2v) is 7.82. The number of amides is 2. The Kier molecular flexibility index (Phi) is 7.06. The second-order valence-electron chi connectivity index (χ2n) is 6.91. The number of likely N-dealkylation sites (tertiary alicyclic amines) is 1. The van der Waals surface area contributed by atoms with Crippen molar-refractivity contribution in [3.63, 3.8) is 0 Å². The third kappa shape index (κ3) is 5.56. The van der Waals surface area contributed by atoms with Crippen molar-refractivity contribution in [1.29, 1.82) is 0 Å². The molecule has 0 aliphatic carbocycles. The molecule has 0 saturated carbocycles. The number of piperidine rings is 1. The topological polar surface area (TPSA) is 81.7 Å². The van der Waals surface area contributed by atoms with E-state index in [0.29, 0.717) is 24.6 Å². The Morgan fingerprint density at radius 1 is 1.07 bits per heavy atom. The van der Waals surface area contributed by atoms with Crippen molar-refractivity contribution >= 4 is 39.1 Å². The van der Waals surface area contributed by atoms with E-state index in [1.165, 1.54) is 0 Å². The Bertz CT molecular complexity index is 818. The van der Waals surface area contributed by atoms with Gasteiger partial charge in [0.1, 0.15) is 0 Å². The van der Waals surface area contributed by atoms with E-state index >= 15 is 0 Å². The van der Waals surface area contributed by atoms with Gasteiger partial charge in [0.25, 0.3) is 5.91 Å². The number of nitrogens with zero attached hydrogens (tertiary/aromatic N) is 1.